The predicted molar refractivity (Wildman–Crippen MR) is 158 cm³/mol. The minimum atomic E-state index is -0.648. The standard InChI is InChI=1S/C26H32ClN5O3.C3H8/c1-16(2)30-25(34)15-29-24(33)14-23(18(4)32-28-5)31-26(19-8-10-20(27)11-9-19)22-13-21(35-6)12-7-17(22)3;1-3-2/h7-13,16,23H,5,14-15H2,1-4,6H3,(H,29,33)(H,30,34);3H2,1-2H3/b31-26?,32-18+;/t23-;/m0./s1. The van der Waals surface area contributed by atoms with Crippen LogP contribution in [0.4, 0.5) is 0 Å². The molecule has 0 aliphatic heterocycles. The molecule has 8 nitrogen and oxygen atoms in total. The Kier molecular flexibility index (Phi) is 14.6. The fraction of sp³-hybridized carbons (Fsp3) is 0.414. The maximum Gasteiger partial charge on any atom is 0.239 e. The molecule has 0 heterocycles. The van der Waals surface area contributed by atoms with E-state index in [1.54, 1.807) is 26.2 Å². The SMILES string of the molecule is C=N/N=C(\C)[C@H](CC(=O)NCC(=O)NC(C)C)N=C(c1ccc(Cl)cc1)c1cc(OC)ccc1C.CCC. The van der Waals surface area contributed by atoms with Gasteiger partial charge < -0.3 is 15.4 Å². The van der Waals surface area contributed by atoms with Gasteiger partial charge in [-0.25, -0.2) is 0 Å². The van der Waals surface area contributed by atoms with Gasteiger partial charge in [0.2, 0.25) is 11.8 Å². The van der Waals surface area contributed by atoms with Crippen LogP contribution in [0.25, 0.3) is 0 Å². The fourth-order valence-corrected chi connectivity index (χ4v) is 3.44. The smallest absolute Gasteiger partial charge is 0.239 e. The lowest BCUT2D eigenvalue weighted by Crippen LogP contribution is -2.41. The van der Waals surface area contributed by atoms with E-state index in [0.29, 0.717) is 22.2 Å². The second-order valence-electron chi connectivity index (χ2n) is 8.97. The molecule has 0 aliphatic rings. The molecule has 0 bridgehead atoms. The average Bonchev–Trinajstić information content (AvgIpc) is 2.86. The van der Waals surface area contributed by atoms with Crippen molar-refractivity contribution in [1.82, 2.24) is 10.6 Å². The van der Waals surface area contributed by atoms with Crippen LogP contribution in [0, 0.1) is 6.92 Å². The molecule has 0 spiro atoms. The number of hydrogen-bond acceptors (Lipinski definition) is 6. The minimum absolute atomic E-state index is 0.0159. The summed E-state index contributed by atoms with van der Waals surface area (Å²) in [5.41, 5.74) is 3.78. The maximum absolute atomic E-state index is 12.7. The molecule has 2 N–H and O–H groups in total. The highest BCUT2D eigenvalue weighted by Gasteiger charge is 2.21. The molecule has 0 radical (unpaired) electrons. The van der Waals surface area contributed by atoms with Gasteiger partial charge in [-0.05, 0) is 57.5 Å². The second-order valence-corrected chi connectivity index (χ2v) is 9.41. The normalized spacial score (nSPS) is 12.2. The number of aliphatic imine (C=N–C) groups is 1. The zero-order valence-corrected chi connectivity index (χ0v) is 24.2. The molecule has 2 rings (SSSR count). The van der Waals surface area contributed by atoms with Crippen molar-refractivity contribution in [2.24, 2.45) is 15.2 Å². The topological polar surface area (TPSA) is 105 Å². The summed E-state index contributed by atoms with van der Waals surface area (Å²) in [6, 6.07) is 12.3. The van der Waals surface area contributed by atoms with Crippen LogP contribution in [0.3, 0.4) is 0 Å². The first-order valence-electron chi connectivity index (χ1n) is 12.6. The highest BCUT2D eigenvalue weighted by Crippen LogP contribution is 2.23. The number of hydrogen-bond donors (Lipinski definition) is 2. The van der Waals surface area contributed by atoms with Gasteiger partial charge in [-0.15, -0.1) is 0 Å². The second kappa shape index (κ2) is 17.1. The Hall–Kier alpha value is -3.52. The molecule has 0 aliphatic carbocycles. The van der Waals surface area contributed by atoms with E-state index in [-0.39, 0.29) is 30.8 Å². The largest absolute Gasteiger partial charge is 0.497 e. The van der Waals surface area contributed by atoms with Crippen molar-refractivity contribution in [2.45, 2.75) is 66.5 Å². The number of ether oxygens (including phenoxy) is 1. The monoisotopic (exact) mass is 541 g/mol. The van der Waals surface area contributed by atoms with Crippen LogP contribution in [-0.2, 0) is 9.59 Å². The molecular formula is C29H40ClN5O3. The zero-order valence-electron chi connectivity index (χ0n) is 23.5. The highest BCUT2D eigenvalue weighted by molar-refractivity contribution is 6.30. The van der Waals surface area contributed by atoms with Gasteiger partial charge in [0, 0.05) is 28.9 Å². The minimum Gasteiger partial charge on any atom is -0.497 e. The number of benzene rings is 2. The van der Waals surface area contributed by atoms with Crippen LogP contribution < -0.4 is 15.4 Å². The lowest BCUT2D eigenvalue weighted by atomic mass is 9.96. The third-order valence-corrected chi connectivity index (χ3v) is 5.34. The molecule has 1 atom stereocenters. The van der Waals surface area contributed by atoms with Crippen LogP contribution in [-0.4, -0.2) is 55.7 Å². The third kappa shape index (κ3) is 11.3. The van der Waals surface area contributed by atoms with E-state index in [1.165, 1.54) is 6.42 Å². The number of methoxy groups -OCH3 is 1. The van der Waals surface area contributed by atoms with Gasteiger partial charge in [0.05, 0.1) is 37.5 Å². The van der Waals surface area contributed by atoms with Gasteiger partial charge in [-0.2, -0.15) is 10.2 Å². The summed E-state index contributed by atoms with van der Waals surface area (Å²) in [4.78, 5) is 29.6. The molecule has 38 heavy (non-hydrogen) atoms. The zero-order chi connectivity index (χ0) is 28.7. The molecule has 2 aromatic rings. The van der Waals surface area contributed by atoms with Crippen molar-refractivity contribution in [3.05, 3.63) is 64.2 Å². The predicted octanol–water partition coefficient (Wildman–Crippen LogP) is 5.39. The molecule has 2 aromatic carbocycles. The van der Waals surface area contributed by atoms with E-state index in [1.807, 2.05) is 51.1 Å². The average molecular weight is 542 g/mol. The van der Waals surface area contributed by atoms with Crippen molar-refractivity contribution < 1.29 is 14.3 Å². The Morgan fingerprint density at radius 2 is 1.71 bits per heavy atom. The van der Waals surface area contributed by atoms with Crippen LogP contribution in [0.15, 0.2) is 57.7 Å². The first-order valence-corrected chi connectivity index (χ1v) is 13.0. The molecule has 0 fully saturated rings. The summed E-state index contributed by atoms with van der Waals surface area (Å²) in [6.07, 6.45) is 1.22. The lowest BCUT2D eigenvalue weighted by molar-refractivity contribution is -0.126. The van der Waals surface area contributed by atoms with Crippen LogP contribution in [0.1, 0.15) is 64.2 Å². The highest BCUT2D eigenvalue weighted by atomic mass is 35.5. The van der Waals surface area contributed by atoms with Crippen molar-refractivity contribution in [2.75, 3.05) is 13.7 Å². The van der Waals surface area contributed by atoms with Gasteiger partial charge in [-0.3, -0.25) is 14.6 Å². The van der Waals surface area contributed by atoms with Crippen LogP contribution in [0.5, 0.6) is 5.75 Å². The Bertz CT molecular complexity index is 1130. The summed E-state index contributed by atoms with van der Waals surface area (Å²) >= 11 is 6.12. The number of carbonyl (C=O) groups excluding carboxylic acids is 2. The van der Waals surface area contributed by atoms with Crippen LogP contribution >= 0.6 is 11.6 Å². The summed E-state index contributed by atoms with van der Waals surface area (Å²) in [7, 11) is 1.60. The molecule has 206 valence electrons. The van der Waals surface area contributed by atoms with E-state index in [4.69, 9.17) is 21.3 Å². The summed E-state index contributed by atoms with van der Waals surface area (Å²) in [5.74, 6) is 0.0744. The van der Waals surface area contributed by atoms with Crippen molar-refractivity contribution in [1.29, 1.82) is 0 Å². The van der Waals surface area contributed by atoms with Gasteiger partial charge in [0.15, 0.2) is 0 Å². The number of amides is 2. The quantitative estimate of drug-likeness (QED) is 0.294. The van der Waals surface area contributed by atoms with E-state index in [0.717, 1.165) is 16.7 Å². The molecule has 0 unspecified atom stereocenters. The van der Waals surface area contributed by atoms with Crippen LogP contribution in [0.2, 0.25) is 5.02 Å². The Balaban J connectivity index is 0.00000229. The van der Waals surface area contributed by atoms with Gasteiger partial charge in [0.25, 0.3) is 0 Å². The van der Waals surface area contributed by atoms with E-state index < -0.39 is 6.04 Å². The van der Waals surface area contributed by atoms with Gasteiger partial charge in [-0.1, -0.05) is 50.1 Å². The van der Waals surface area contributed by atoms with E-state index >= 15 is 0 Å². The Morgan fingerprint density at radius 3 is 2.26 bits per heavy atom. The first-order chi connectivity index (χ1) is 18.1. The Morgan fingerprint density at radius 1 is 1.08 bits per heavy atom. The van der Waals surface area contributed by atoms with E-state index in [2.05, 4.69) is 41.4 Å². The number of rotatable bonds is 11. The lowest BCUT2D eigenvalue weighted by Gasteiger charge is -2.17. The van der Waals surface area contributed by atoms with Crippen molar-refractivity contribution in [3.8, 4) is 5.75 Å². The van der Waals surface area contributed by atoms with E-state index in [9.17, 15) is 9.59 Å². The number of nitrogens with zero attached hydrogens (tertiary/aromatic N) is 3. The van der Waals surface area contributed by atoms with Gasteiger partial charge >= 0.3 is 0 Å². The van der Waals surface area contributed by atoms with Crippen molar-refractivity contribution >= 4 is 41.6 Å². The fourth-order valence-electron chi connectivity index (χ4n) is 3.31. The molecule has 9 heteroatoms. The number of halogens is 1. The molecular weight excluding hydrogens is 502 g/mol. The van der Waals surface area contributed by atoms with Crippen molar-refractivity contribution in [3.63, 3.8) is 0 Å². The Labute approximate surface area is 231 Å². The molecule has 0 saturated carbocycles. The first kappa shape index (κ1) is 32.5. The summed E-state index contributed by atoms with van der Waals surface area (Å²) < 4.78 is 5.43. The molecule has 2 amide bonds. The third-order valence-electron chi connectivity index (χ3n) is 5.09. The summed E-state index contributed by atoms with van der Waals surface area (Å²) in [6.45, 7) is 15.0. The van der Waals surface area contributed by atoms with Gasteiger partial charge in [0.1, 0.15) is 5.75 Å². The number of aryl methyl sites for hydroxylation is 1. The molecule has 0 aromatic heterocycles. The molecule has 0 saturated heterocycles. The maximum atomic E-state index is 12.7. The summed E-state index contributed by atoms with van der Waals surface area (Å²) in [5, 5.41) is 13.6. The number of nitrogens with one attached hydrogen (secondary N) is 2. The number of carbonyl (C=O) groups is 2.